The van der Waals surface area contributed by atoms with E-state index in [1.54, 1.807) is 6.92 Å². The van der Waals surface area contributed by atoms with Crippen molar-refractivity contribution in [1.82, 2.24) is 5.32 Å². The van der Waals surface area contributed by atoms with Crippen LogP contribution in [0.3, 0.4) is 0 Å². The molecule has 1 fully saturated rings. The van der Waals surface area contributed by atoms with Gasteiger partial charge in [-0.1, -0.05) is 12.1 Å². The third-order valence-electron chi connectivity index (χ3n) is 3.69. The first-order chi connectivity index (χ1) is 9.74. The average molecular weight is 303 g/mol. The fraction of sp³-hybridized carbons (Fsp3) is 0.500. The number of ether oxygens (including phenoxy) is 1. The van der Waals surface area contributed by atoms with Crippen LogP contribution < -0.4 is 5.32 Å². The van der Waals surface area contributed by atoms with Gasteiger partial charge in [0.1, 0.15) is 5.60 Å². The average Bonchev–Trinajstić information content (AvgIpc) is 2.75. The molecule has 2 unspecified atom stereocenters. The molecular weight excluding hydrogens is 287 g/mol. The minimum atomic E-state index is -4.60. The van der Waals surface area contributed by atoms with Crippen LogP contribution in [0.1, 0.15) is 29.3 Å². The first-order valence-corrected chi connectivity index (χ1v) is 6.52. The molecule has 0 aliphatic carbocycles. The van der Waals surface area contributed by atoms with E-state index in [1.165, 1.54) is 12.1 Å². The summed E-state index contributed by atoms with van der Waals surface area (Å²) in [5.41, 5.74) is -2.70. The van der Waals surface area contributed by atoms with Crippen molar-refractivity contribution in [2.75, 3.05) is 13.2 Å². The van der Waals surface area contributed by atoms with Crippen molar-refractivity contribution in [1.29, 1.82) is 0 Å². The van der Waals surface area contributed by atoms with Crippen LogP contribution in [0.2, 0.25) is 0 Å². The number of halogens is 3. The molecule has 0 saturated carbocycles. The lowest BCUT2D eigenvalue weighted by Crippen LogP contribution is -2.47. The third-order valence-corrected chi connectivity index (χ3v) is 3.69. The maximum absolute atomic E-state index is 12.8. The standard InChI is InChI=1S/C14H16F3NO3/c1-9-13(20,6-7-21-9)8-18-12(19)10-4-2-3-5-11(10)14(15,16)17/h2-5,9,20H,6-8H2,1H3,(H,18,19). The molecule has 1 aliphatic heterocycles. The number of hydrogen-bond acceptors (Lipinski definition) is 3. The van der Waals surface area contributed by atoms with Crippen molar-refractivity contribution in [3.8, 4) is 0 Å². The van der Waals surface area contributed by atoms with E-state index in [4.69, 9.17) is 4.74 Å². The van der Waals surface area contributed by atoms with Gasteiger partial charge in [0.25, 0.3) is 5.91 Å². The second-order valence-corrected chi connectivity index (χ2v) is 5.09. The molecule has 1 aliphatic rings. The van der Waals surface area contributed by atoms with E-state index in [1.807, 2.05) is 0 Å². The van der Waals surface area contributed by atoms with Gasteiger partial charge in [-0.15, -0.1) is 0 Å². The molecule has 7 heteroatoms. The molecule has 2 N–H and O–H groups in total. The highest BCUT2D eigenvalue weighted by Gasteiger charge is 2.40. The molecular formula is C14H16F3NO3. The summed E-state index contributed by atoms with van der Waals surface area (Å²) in [6.07, 6.45) is -4.75. The number of hydrogen-bond donors (Lipinski definition) is 2. The summed E-state index contributed by atoms with van der Waals surface area (Å²) in [5, 5.41) is 12.6. The molecule has 4 nitrogen and oxygen atoms in total. The highest BCUT2D eigenvalue weighted by Crippen LogP contribution is 2.32. The van der Waals surface area contributed by atoms with Crippen molar-refractivity contribution < 1.29 is 27.8 Å². The zero-order valence-corrected chi connectivity index (χ0v) is 11.4. The fourth-order valence-corrected chi connectivity index (χ4v) is 2.26. The van der Waals surface area contributed by atoms with E-state index in [9.17, 15) is 23.1 Å². The lowest BCUT2D eigenvalue weighted by Gasteiger charge is -2.26. The fourth-order valence-electron chi connectivity index (χ4n) is 2.26. The lowest BCUT2D eigenvalue weighted by atomic mass is 9.96. The predicted molar refractivity (Wildman–Crippen MR) is 68.8 cm³/mol. The first kappa shape index (κ1) is 15.8. The van der Waals surface area contributed by atoms with Crippen LogP contribution >= 0.6 is 0 Å². The van der Waals surface area contributed by atoms with Gasteiger partial charge < -0.3 is 15.2 Å². The first-order valence-electron chi connectivity index (χ1n) is 6.52. The zero-order chi connectivity index (χ0) is 15.7. The Bertz CT molecular complexity index is 532. The van der Waals surface area contributed by atoms with Crippen molar-refractivity contribution >= 4 is 5.91 Å². The highest BCUT2D eigenvalue weighted by molar-refractivity contribution is 5.95. The quantitative estimate of drug-likeness (QED) is 0.897. The summed E-state index contributed by atoms with van der Waals surface area (Å²) < 4.78 is 43.7. The minimum absolute atomic E-state index is 0.154. The highest BCUT2D eigenvalue weighted by atomic mass is 19.4. The van der Waals surface area contributed by atoms with Gasteiger partial charge >= 0.3 is 6.18 Å². The maximum atomic E-state index is 12.8. The summed E-state index contributed by atoms with van der Waals surface area (Å²) in [6.45, 7) is 1.86. The number of nitrogens with one attached hydrogen (secondary N) is 1. The number of amides is 1. The van der Waals surface area contributed by atoms with Gasteiger partial charge in [-0.3, -0.25) is 4.79 Å². The van der Waals surface area contributed by atoms with Gasteiger partial charge in [-0.2, -0.15) is 13.2 Å². The molecule has 1 amide bonds. The Balaban J connectivity index is 2.11. The van der Waals surface area contributed by atoms with Crippen LogP contribution in [0.5, 0.6) is 0 Å². The molecule has 2 rings (SSSR count). The van der Waals surface area contributed by atoms with Gasteiger partial charge in [0.15, 0.2) is 0 Å². The number of carbonyl (C=O) groups excluding carboxylic acids is 1. The normalized spacial score (nSPS) is 25.9. The molecule has 0 aromatic heterocycles. The SMILES string of the molecule is CC1OCCC1(O)CNC(=O)c1ccccc1C(F)(F)F. The van der Waals surface area contributed by atoms with E-state index in [-0.39, 0.29) is 6.54 Å². The van der Waals surface area contributed by atoms with Crippen LogP contribution in [0.4, 0.5) is 13.2 Å². The van der Waals surface area contributed by atoms with Crippen LogP contribution in [-0.4, -0.2) is 35.9 Å². The van der Waals surface area contributed by atoms with Crippen LogP contribution in [0.25, 0.3) is 0 Å². The topological polar surface area (TPSA) is 58.6 Å². The Morgan fingerprint density at radius 2 is 2.14 bits per heavy atom. The van der Waals surface area contributed by atoms with Gasteiger partial charge in [-0.05, 0) is 19.1 Å². The number of alkyl halides is 3. The second kappa shape index (κ2) is 5.65. The molecule has 21 heavy (non-hydrogen) atoms. The Morgan fingerprint density at radius 1 is 1.48 bits per heavy atom. The van der Waals surface area contributed by atoms with E-state index < -0.39 is 34.9 Å². The Labute approximate surface area is 119 Å². The minimum Gasteiger partial charge on any atom is -0.385 e. The van der Waals surface area contributed by atoms with Gasteiger partial charge in [0, 0.05) is 19.6 Å². The number of aliphatic hydroxyl groups is 1. The van der Waals surface area contributed by atoms with E-state index in [0.717, 1.165) is 12.1 Å². The van der Waals surface area contributed by atoms with Gasteiger partial charge in [0.2, 0.25) is 0 Å². The van der Waals surface area contributed by atoms with Crippen molar-refractivity contribution in [2.45, 2.75) is 31.2 Å². The zero-order valence-electron chi connectivity index (χ0n) is 11.4. The molecule has 116 valence electrons. The van der Waals surface area contributed by atoms with Gasteiger partial charge in [0.05, 0.1) is 17.2 Å². The summed E-state index contributed by atoms with van der Waals surface area (Å²) in [6, 6.07) is 4.54. The molecule has 1 aromatic rings. The second-order valence-electron chi connectivity index (χ2n) is 5.09. The van der Waals surface area contributed by atoms with Crippen molar-refractivity contribution in [2.24, 2.45) is 0 Å². The van der Waals surface area contributed by atoms with E-state index in [2.05, 4.69) is 5.32 Å². The monoisotopic (exact) mass is 303 g/mol. The third kappa shape index (κ3) is 3.36. The van der Waals surface area contributed by atoms with Crippen molar-refractivity contribution in [3.63, 3.8) is 0 Å². The van der Waals surface area contributed by atoms with E-state index >= 15 is 0 Å². The van der Waals surface area contributed by atoms with E-state index in [0.29, 0.717) is 13.0 Å². The van der Waals surface area contributed by atoms with Crippen molar-refractivity contribution in [3.05, 3.63) is 35.4 Å². The Hall–Kier alpha value is -1.60. The maximum Gasteiger partial charge on any atom is 0.417 e. The number of rotatable bonds is 3. The lowest BCUT2D eigenvalue weighted by molar-refractivity contribution is -0.137. The van der Waals surface area contributed by atoms with Crippen LogP contribution in [0.15, 0.2) is 24.3 Å². The summed E-state index contributed by atoms with van der Waals surface area (Å²) in [7, 11) is 0. The number of carbonyl (C=O) groups is 1. The molecule has 1 saturated heterocycles. The largest absolute Gasteiger partial charge is 0.417 e. The predicted octanol–water partition coefficient (Wildman–Crippen LogP) is 1.98. The molecule has 1 heterocycles. The smallest absolute Gasteiger partial charge is 0.385 e. The molecule has 0 spiro atoms. The Morgan fingerprint density at radius 3 is 2.71 bits per heavy atom. The number of benzene rings is 1. The van der Waals surface area contributed by atoms with Crippen LogP contribution in [-0.2, 0) is 10.9 Å². The molecule has 1 aromatic carbocycles. The summed E-state index contributed by atoms with van der Waals surface area (Å²) in [4.78, 5) is 12.0. The summed E-state index contributed by atoms with van der Waals surface area (Å²) >= 11 is 0. The molecule has 2 atom stereocenters. The van der Waals surface area contributed by atoms with Crippen LogP contribution in [0, 0.1) is 0 Å². The Kier molecular flexibility index (Phi) is 4.25. The molecule has 0 radical (unpaired) electrons. The summed E-state index contributed by atoms with van der Waals surface area (Å²) in [5.74, 6) is -0.865. The molecule has 0 bridgehead atoms. The van der Waals surface area contributed by atoms with Gasteiger partial charge in [-0.25, -0.2) is 0 Å².